The number of amides is 1. The van der Waals surface area contributed by atoms with Gasteiger partial charge in [-0.25, -0.2) is 9.59 Å². The molecule has 0 aliphatic carbocycles. The molecule has 0 bridgehead atoms. The van der Waals surface area contributed by atoms with E-state index in [0.29, 0.717) is 16.8 Å². The molecule has 0 heterocycles. The van der Waals surface area contributed by atoms with Gasteiger partial charge in [0.25, 0.3) is 18.9 Å². The third-order valence-electron chi connectivity index (χ3n) is 5.61. The van der Waals surface area contributed by atoms with Crippen molar-refractivity contribution in [2.24, 2.45) is 0 Å². The highest BCUT2D eigenvalue weighted by molar-refractivity contribution is 6.13. The van der Waals surface area contributed by atoms with Gasteiger partial charge in [0, 0.05) is 12.7 Å². The van der Waals surface area contributed by atoms with Gasteiger partial charge < -0.3 is 30.3 Å². The zero-order valence-electron chi connectivity index (χ0n) is 20.6. The number of Topliss-reactive ketones (excluding diaryl/α,β-unsaturated/α-hetero) is 1. The molecule has 3 aromatic carbocycles. The van der Waals surface area contributed by atoms with Crippen LogP contribution in [0.4, 0.5) is 11.4 Å². The minimum atomic E-state index is -1.52. The number of benzene rings is 3. The highest BCUT2D eigenvalue weighted by atomic mass is 16.5. The Kier molecular flexibility index (Phi) is 8.74. The van der Waals surface area contributed by atoms with Crippen LogP contribution in [0.5, 0.6) is 11.5 Å². The minimum absolute atomic E-state index is 0.0153. The monoisotopic (exact) mass is 534 g/mol. The minimum Gasteiger partial charge on any atom is -0.478 e. The molecule has 4 N–H and O–H groups in total. The summed E-state index contributed by atoms with van der Waals surface area (Å²) >= 11 is 0. The van der Waals surface area contributed by atoms with Crippen LogP contribution in [0.15, 0.2) is 48.5 Å². The molecule has 0 spiro atoms. The Labute approximate surface area is 221 Å². The molecule has 12 heteroatoms. The number of carbonyl (C=O) groups is 6. The zero-order valence-corrected chi connectivity index (χ0v) is 20.6. The van der Waals surface area contributed by atoms with Gasteiger partial charge in [-0.05, 0) is 60.9 Å². The van der Waals surface area contributed by atoms with Crippen molar-refractivity contribution >= 4 is 47.9 Å². The molecule has 39 heavy (non-hydrogen) atoms. The Bertz CT molecular complexity index is 1500. The molecule has 3 aromatic rings. The average Bonchev–Trinajstić information content (AvgIpc) is 2.89. The summed E-state index contributed by atoms with van der Waals surface area (Å²) in [6.45, 7) is 1.31. The summed E-state index contributed by atoms with van der Waals surface area (Å²) in [6, 6.07) is 11.2. The zero-order chi connectivity index (χ0) is 28.7. The molecular formula is C27H22N2O10. The van der Waals surface area contributed by atoms with Crippen LogP contribution in [0.1, 0.15) is 59.5 Å². The van der Waals surface area contributed by atoms with Crippen LogP contribution in [0.25, 0.3) is 0 Å². The number of aromatic carboxylic acids is 2. The van der Waals surface area contributed by atoms with Crippen molar-refractivity contribution in [3.05, 3.63) is 81.9 Å². The van der Waals surface area contributed by atoms with Gasteiger partial charge in [0.1, 0.15) is 5.75 Å². The second kappa shape index (κ2) is 12.1. The summed E-state index contributed by atoms with van der Waals surface area (Å²) in [4.78, 5) is 70.3. The van der Waals surface area contributed by atoms with E-state index in [1.54, 1.807) is 25.2 Å². The van der Waals surface area contributed by atoms with Crippen molar-refractivity contribution in [1.82, 2.24) is 0 Å². The number of rotatable bonds is 12. The maximum Gasteiger partial charge on any atom is 0.337 e. The largest absolute Gasteiger partial charge is 0.478 e. The fourth-order valence-corrected chi connectivity index (χ4v) is 3.82. The number of anilines is 2. The number of ketones is 1. The van der Waals surface area contributed by atoms with Crippen LogP contribution in [0.2, 0.25) is 0 Å². The number of ether oxygens (including phenoxy) is 2. The summed E-state index contributed by atoms with van der Waals surface area (Å²) in [6.07, 6.45) is 0.261. The first-order valence-corrected chi connectivity index (χ1v) is 11.2. The molecule has 0 aliphatic rings. The lowest BCUT2D eigenvalue weighted by molar-refractivity contribution is -0.121. The van der Waals surface area contributed by atoms with Crippen LogP contribution in [-0.2, 0) is 16.0 Å². The van der Waals surface area contributed by atoms with Gasteiger partial charge in [-0.2, -0.15) is 0 Å². The maximum atomic E-state index is 13.1. The summed E-state index contributed by atoms with van der Waals surface area (Å²) < 4.78 is 9.71. The van der Waals surface area contributed by atoms with E-state index < -0.39 is 34.8 Å². The van der Waals surface area contributed by atoms with E-state index >= 15 is 0 Å². The smallest absolute Gasteiger partial charge is 0.337 e. The van der Waals surface area contributed by atoms with E-state index in [2.05, 4.69) is 10.6 Å². The Hall–Kier alpha value is -5.52. The molecule has 1 amide bonds. The van der Waals surface area contributed by atoms with Crippen LogP contribution >= 0.6 is 0 Å². The van der Waals surface area contributed by atoms with Gasteiger partial charge in [0.15, 0.2) is 11.5 Å². The molecule has 0 saturated heterocycles. The third-order valence-corrected chi connectivity index (χ3v) is 5.61. The highest BCUT2D eigenvalue weighted by Crippen LogP contribution is 2.30. The van der Waals surface area contributed by atoms with Crippen molar-refractivity contribution in [3.63, 3.8) is 0 Å². The molecule has 0 aliphatic heterocycles. The standard InChI is InChI=1S/C27H22N2O10/c1-14(32)17-10-18(19(26(34)35)11-23(17)38-12-30)25(33)29-22-6-4-16(9-24(22)39-13-31)7-15-3-5-21(28-2)20(8-15)27(36)37/h3-6,8-13,28H,7H2,1-2H3,(H,29,33)(H,34,35)(H,36,37). The Morgan fingerprint density at radius 1 is 0.744 bits per heavy atom. The number of carboxylic acids is 2. The quantitative estimate of drug-likeness (QED) is 0.197. The molecule has 0 radical (unpaired) electrons. The van der Waals surface area contributed by atoms with Crippen LogP contribution in [0.3, 0.4) is 0 Å². The molecule has 3 rings (SSSR count). The first kappa shape index (κ1) is 28.1. The molecule has 200 valence electrons. The van der Waals surface area contributed by atoms with E-state index in [9.17, 15) is 39.0 Å². The lowest BCUT2D eigenvalue weighted by atomic mass is 9.99. The SMILES string of the molecule is CNc1ccc(Cc2ccc(NC(=O)c3cc(C(C)=O)c(OC=O)cc3C(=O)O)c(OC=O)c2)cc1C(=O)O. The van der Waals surface area contributed by atoms with E-state index in [1.165, 1.54) is 18.2 Å². The van der Waals surface area contributed by atoms with Crippen molar-refractivity contribution in [2.45, 2.75) is 13.3 Å². The topological polar surface area (TPSA) is 185 Å². The van der Waals surface area contributed by atoms with Gasteiger partial charge in [0.05, 0.1) is 27.9 Å². The average molecular weight is 534 g/mol. The first-order valence-electron chi connectivity index (χ1n) is 11.2. The number of hydrogen-bond acceptors (Lipinski definition) is 9. The maximum absolute atomic E-state index is 13.1. The fraction of sp³-hybridized carbons (Fsp3) is 0.111. The lowest BCUT2D eigenvalue weighted by Gasteiger charge is -2.14. The first-order chi connectivity index (χ1) is 18.6. The number of carboxylic acid groups (broad SMARTS) is 2. The lowest BCUT2D eigenvalue weighted by Crippen LogP contribution is -2.18. The fourth-order valence-electron chi connectivity index (χ4n) is 3.82. The third kappa shape index (κ3) is 6.43. The van der Waals surface area contributed by atoms with Crippen molar-refractivity contribution < 1.29 is 48.5 Å². The highest BCUT2D eigenvalue weighted by Gasteiger charge is 2.23. The molecule has 0 atom stereocenters. The normalized spacial score (nSPS) is 10.2. The van der Waals surface area contributed by atoms with E-state index in [-0.39, 0.29) is 47.7 Å². The second-order valence-electron chi connectivity index (χ2n) is 8.08. The van der Waals surface area contributed by atoms with Crippen LogP contribution in [-0.4, -0.2) is 53.8 Å². The second-order valence-corrected chi connectivity index (χ2v) is 8.08. The Morgan fingerprint density at radius 2 is 1.33 bits per heavy atom. The summed E-state index contributed by atoms with van der Waals surface area (Å²) in [5.41, 5.74) is 0.657. The van der Waals surface area contributed by atoms with Gasteiger partial charge in [-0.3, -0.25) is 19.2 Å². The Morgan fingerprint density at radius 3 is 1.90 bits per heavy atom. The van der Waals surface area contributed by atoms with Gasteiger partial charge in [-0.1, -0.05) is 12.1 Å². The molecule has 12 nitrogen and oxygen atoms in total. The van der Waals surface area contributed by atoms with E-state index in [0.717, 1.165) is 19.1 Å². The molecule has 0 unspecified atom stereocenters. The van der Waals surface area contributed by atoms with Gasteiger partial charge in [0.2, 0.25) is 0 Å². The molecule has 0 fully saturated rings. The van der Waals surface area contributed by atoms with Crippen molar-refractivity contribution in [2.75, 3.05) is 17.7 Å². The summed E-state index contributed by atoms with van der Waals surface area (Å²) in [5.74, 6) is -4.54. The van der Waals surface area contributed by atoms with Gasteiger partial charge in [-0.15, -0.1) is 0 Å². The van der Waals surface area contributed by atoms with E-state index in [1.807, 2.05) is 0 Å². The molecular weight excluding hydrogens is 512 g/mol. The van der Waals surface area contributed by atoms with Crippen molar-refractivity contribution in [3.8, 4) is 11.5 Å². The Balaban J connectivity index is 1.96. The number of hydrogen-bond donors (Lipinski definition) is 4. The summed E-state index contributed by atoms with van der Waals surface area (Å²) in [5, 5.41) is 24.3. The number of nitrogens with one attached hydrogen (secondary N) is 2. The van der Waals surface area contributed by atoms with Gasteiger partial charge >= 0.3 is 11.9 Å². The van der Waals surface area contributed by atoms with E-state index in [4.69, 9.17) is 9.47 Å². The van der Waals surface area contributed by atoms with Crippen LogP contribution in [0, 0.1) is 0 Å². The predicted molar refractivity (Wildman–Crippen MR) is 137 cm³/mol. The number of carbonyl (C=O) groups excluding carboxylic acids is 4. The molecule has 0 saturated carbocycles. The molecule has 0 aromatic heterocycles. The summed E-state index contributed by atoms with van der Waals surface area (Å²) in [7, 11) is 1.60. The van der Waals surface area contributed by atoms with Crippen LogP contribution < -0.4 is 20.1 Å². The predicted octanol–water partition coefficient (Wildman–Crippen LogP) is 3.24. The van der Waals surface area contributed by atoms with Crippen molar-refractivity contribution in [1.29, 1.82) is 0 Å².